The van der Waals surface area contributed by atoms with E-state index in [2.05, 4.69) is 5.32 Å². The van der Waals surface area contributed by atoms with Gasteiger partial charge in [0.2, 0.25) is 0 Å². The maximum atomic E-state index is 13.2. The quantitative estimate of drug-likeness (QED) is 0.491. The first-order valence-electron chi connectivity index (χ1n) is 10.3. The molecule has 1 saturated heterocycles. The smallest absolute Gasteiger partial charge is 0.414 e. The maximum absolute atomic E-state index is 13.2. The Balaban J connectivity index is 1.55. The third kappa shape index (κ3) is 5.55. The van der Waals surface area contributed by atoms with Gasteiger partial charge < -0.3 is 10.1 Å². The molecule has 0 spiro atoms. The summed E-state index contributed by atoms with van der Waals surface area (Å²) in [5.41, 5.74) is 1.64. The second-order valence-electron chi connectivity index (χ2n) is 7.74. The molecular formula is C24H20ClFN2O5S. The molecule has 1 N–H and O–H groups in total. The van der Waals surface area contributed by atoms with E-state index in [1.54, 1.807) is 0 Å². The van der Waals surface area contributed by atoms with Gasteiger partial charge in [-0.05, 0) is 60.5 Å². The molecule has 7 nitrogen and oxygen atoms in total. The molecule has 3 aromatic rings. The van der Waals surface area contributed by atoms with Crippen LogP contribution in [0.1, 0.15) is 15.9 Å². The molecule has 10 heteroatoms. The van der Waals surface area contributed by atoms with Crippen LogP contribution < -0.4 is 10.2 Å². The minimum atomic E-state index is -3.89. The van der Waals surface area contributed by atoms with Crippen LogP contribution >= 0.6 is 10.7 Å². The van der Waals surface area contributed by atoms with E-state index in [1.165, 1.54) is 53.4 Å². The van der Waals surface area contributed by atoms with Gasteiger partial charge >= 0.3 is 6.09 Å². The molecule has 0 bridgehead atoms. The molecule has 1 aliphatic rings. The van der Waals surface area contributed by atoms with Gasteiger partial charge in [-0.1, -0.05) is 30.3 Å². The van der Waals surface area contributed by atoms with Crippen molar-refractivity contribution in [1.82, 2.24) is 5.32 Å². The summed E-state index contributed by atoms with van der Waals surface area (Å²) in [6.45, 7) is 0.132. The van der Waals surface area contributed by atoms with Crippen LogP contribution in [0.15, 0.2) is 83.8 Å². The van der Waals surface area contributed by atoms with E-state index in [9.17, 15) is 22.4 Å². The zero-order valence-electron chi connectivity index (χ0n) is 17.7. The first-order valence-corrected chi connectivity index (χ1v) is 12.6. The van der Waals surface area contributed by atoms with Crippen molar-refractivity contribution >= 4 is 37.4 Å². The van der Waals surface area contributed by atoms with E-state index in [-0.39, 0.29) is 17.0 Å². The van der Waals surface area contributed by atoms with Crippen LogP contribution in [0.5, 0.6) is 0 Å². The summed E-state index contributed by atoms with van der Waals surface area (Å²) in [4.78, 5) is 26.7. The Morgan fingerprint density at radius 1 is 1.06 bits per heavy atom. The average Bonchev–Trinajstić information content (AvgIpc) is 3.21. The van der Waals surface area contributed by atoms with Crippen molar-refractivity contribution in [3.63, 3.8) is 0 Å². The van der Waals surface area contributed by atoms with Crippen LogP contribution in [0.25, 0.3) is 0 Å². The van der Waals surface area contributed by atoms with Gasteiger partial charge in [0.1, 0.15) is 11.9 Å². The Bertz CT molecular complexity index is 1290. The number of hydrogen-bond donors (Lipinski definition) is 1. The van der Waals surface area contributed by atoms with Gasteiger partial charge in [-0.3, -0.25) is 9.69 Å². The van der Waals surface area contributed by atoms with Crippen molar-refractivity contribution in [2.24, 2.45) is 0 Å². The molecule has 0 aromatic heterocycles. The first kappa shape index (κ1) is 23.7. The van der Waals surface area contributed by atoms with Crippen molar-refractivity contribution in [2.75, 3.05) is 11.4 Å². The lowest BCUT2D eigenvalue weighted by Gasteiger charge is -2.23. The summed E-state index contributed by atoms with van der Waals surface area (Å²) in [6, 6.07) is 19.5. The Labute approximate surface area is 200 Å². The predicted molar refractivity (Wildman–Crippen MR) is 125 cm³/mol. The minimum Gasteiger partial charge on any atom is -0.442 e. The molecule has 176 valence electrons. The highest BCUT2D eigenvalue weighted by Crippen LogP contribution is 2.26. The number of nitrogens with one attached hydrogen (secondary N) is 1. The van der Waals surface area contributed by atoms with Crippen LogP contribution in [0.2, 0.25) is 0 Å². The molecule has 1 heterocycles. The molecule has 1 aliphatic heterocycles. The molecule has 34 heavy (non-hydrogen) atoms. The molecule has 3 aromatic carbocycles. The number of amides is 2. The Hall–Kier alpha value is -3.43. The highest BCUT2D eigenvalue weighted by molar-refractivity contribution is 8.13. The van der Waals surface area contributed by atoms with Gasteiger partial charge in [-0.2, -0.15) is 0 Å². The number of nitrogens with zero attached hydrogens (tertiary/aromatic N) is 1. The molecule has 2 atom stereocenters. The third-order valence-electron chi connectivity index (χ3n) is 5.44. The monoisotopic (exact) mass is 502 g/mol. The van der Waals surface area contributed by atoms with Crippen molar-refractivity contribution in [1.29, 1.82) is 0 Å². The van der Waals surface area contributed by atoms with E-state index in [4.69, 9.17) is 15.4 Å². The predicted octanol–water partition coefficient (Wildman–Crippen LogP) is 4.12. The average molecular weight is 503 g/mol. The molecule has 0 unspecified atom stereocenters. The zero-order valence-corrected chi connectivity index (χ0v) is 19.3. The van der Waals surface area contributed by atoms with Gasteiger partial charge in [-0.15, -0.1) is 0 Å². The normalized spacial score (nSPS) is 16.7. The van der Waals surface area contributed by atoms with Crippen molar-refractivity contribution < 1.29 is 27.1 Å². The standard InChI is InChI=1S/C24H20ClFN2O5S/c25-34(31,32)20-12-10-19(11-13-20)28-15-22(33-24(28)30)21(14-16-4-2-1-3-5-16)27-23(29)17-6-8-18(26)9-7-17/h1-13,21-22H,14-15H2,(H,27,29)/t21-,22+/m0/s1. The van der Waals surface area contributed by atoms with Gasteiger partial charge in [-0.25, -0.2) is 17.6 Å². The molecule has 1 fully saturated rings. The van der Waals surface area contributed by atoms with Gasteiger partial charge in [0, 0.05) is 21.9 Å². The van der Waals surface area contributed by atoms with Gasteiger partial charge in [0.15, 0.2) is 0 Å². The van der Waals surface area contributed by atoms with E-state index in [0.29, 0.717) is 12.1 Å². The summed E-state index contributed by atoms with van der Waals surface area (Å²) >= 11 is 0. The highest BCUT2D eigenvalue weighted by atomic mass is 35.7. The molecule has 4 rings (SSSR count). The van der Waals surface area contributed by atoms with Crippen molar-refractivity contribution in [3.05, 3.63) is 95.8 Å². The third-order valence-corrected chi connectivity index (χ3v) is 6.80. The number of hydrogen-bond acceptors (Lipinski definition) is 5. The number of carbonyl (C=O) groups excluding carboxylic acids is 2. The summed E-state index contributed by atoms with van der Waals surface area (Å²) in [5.74, 6) is -0.877. The number of halogens is 2. The summed E-state index contributed by atoms with van der Waals surface area (Å²) in [5, 5.41) is 2.90. The van der Waals surface area contributed by atoms with Crippen LogP contribution in [0.4, 0.5) is 14.9 Å². The molecule has 0 aliphatic carbocycles. The second-order valence-corrected chi connectivity index (χ2v) is 10.3. The lowest BCUT2D eigenvalue weighted by Crippen LogP contribution is -2.46. The number of benzene rings is 3. The lowest BCUT2D eigenvalue weighted by atomic mass is 10.0. The number of carbonyl (C=O) groups is 2. The topological polar surface area (TPSA) is 92.8 Å². The molecule has 0 radical (unpaired) electrons. The molecule has 2 amide bonds. The number of ether oxygens (including phenoxy) is 1. The first-order chi connectivity index (χ1) is 16.2. The fraction of sp³-hybridized carbons (Fsp3) is 0.167. The van der Waals surface area contributed by atoms with E-state index in [1.807, 2.05) is 30.3 Å². The Kier molecular flexibility index (Phi) is 6.85. The van der Waals surface area contributed by atoms with Crippen LogP contribution in [-0.4, -0.2) is 39.1 Å². The Morgan fingerprint density at radius 3 is 2.32 bits per heavy atom. The van der Waals surface area contributed by atoms with E-state index in [0.717, 1.165) is 5.56 Å². The van der Waals surface area contributed by atoms with Crippen LogP contribution in [-0.2, 0) is 20.2 Å². The van der Waals surface area contributed by atoms with Gasteiger partial charge in [0.25, 0.3) is 15.0 Å². The molecule has 0 saturated carbocycles. The van der Waals surface area contributed by atoms with Crippen LogP contribution in [0.3, 0.4) is 0 Å². The van der Waals surface area contributed by atoms with E-state index >= 15 is 0 Å². The highest BCUT2D eigenvalue weighted by Gasteiger charge is 2.38. The van der Waals surface area contributed by atoms with Crippen molar-refractivity contribution in [3.8, 4) is 0 Å². The fourth-order valence-corrected chi connectivity index (χ4v) is 4.46. The number of rotatable bonds is 7. The summed E-state index contributed by atoms with van der Waals surface area (Å²) in [6.07, 6.45) is -0.919. The SMILES string of the molecule is O=C(N[C@@H](Cc1ccccc1)[C@H]1CN(c2ccc(S(=O)(=O)Cl)cc2)C(=O)O1)c1ccc(F)cc1. The number of anilines is 1. The zero-order chi connectivity index (χ0) is 24.3. The van der Waals surface area contributed by atoms with Crippen molar-refractivity contribution in [2.45, 2.75) is 23.5 Å². The summed E-state index contributed by atoms with van der Waals surface area (Å²) < 4.78 is 41.8. The largest absolute Gasteiger partial charge is 0.442 e. The lowest BCUT2D eigenvalue weighted by molar-refractivity contribution is 0.0840. The minimum absolute atomic E-state index is 0.0875. The Morgan fingerprint density at radius 2 is 1.71 bits per heavy atom. The van der Waals surface area contributed by atoms with Gasteiger partial charge in [0.05, 0.1) is 17.5 Å². The van der Waals surface area contributed by atoms with E-state index < -0.39 is 39.0 Å². The second kappa shape index (κ2) is 9.82. The fourth-order valence-electron chi connectivity index (χ4n) is 3.69. The molecular weight excluding hydrogens is 483 g/mol. The summed E-state index contributed by atoms with van der Waals surface area (Å²) in [7, 11) is 1.46. The number of cyclic esters (lactones) is 1. The maximum Gasteiger partial charge on any atom is 0.414 e. The van der Waals surface area contributed by atoms with Crippen LogP contribution in [0, 0.1) is 5.82 Å².